The summed E-state index contributed by atoms with van der Waals surface area (Å²) >= 11 is 0. The number of amides is 1. The molecule has 180 valence electrons. The molecular weight excluding hydrogens is 441 g/mol. The van der Waals surface area contributed by atoms with Crippen LogP contribution in [0.25, 0.3) is 0 Å². The fraction of sp³-hybridized carbons (Fsp3) is 0.696. The molecule has 1 aliphatic carbocycles. The van der Waals surface area contributed by atoms with Crippen LogP contribution in [0, 0.1) is 11.8 Å². The normalized spacial score (nSPS) is 20.9. The molecule has 1 heterocycles. The second-order valence-electron chi connectivity index (χ2n) is 9.66. The maximum absolute atomic E-state index is 13.3. The molecular formula is C23H33F3N2O3S. The van der Waals surface area contributed by atoms with Crippen LogP contribution in [0.3, 0.4) is 0 Å². The molecule has 1 saturated carbocycles. The summed E-state index contributed by atoms with van der Waals surface area (Å²) in [5, 5.41) is 0. The van der Waals surface area contributed by atoms with E-state index in [1.807, 2.05) is 0 Å². The molecule has 0 radical (unpaired) electrons. The molecule has 1 aromatic rings. The van der Waals surface area contributed by atoms with E-state index in [4.69, 9.17) is 5.73 Å². The maximum atomic E-state index is 13.3. The first-order valence-electron chi connectivity index (χ1n) is 11.3. The van der Waals surface area contributed by atoms with Crippen LogP contribution < -0.4 is 5.73 Å². The van der Waals surface area contributed by atoms with E-state index in [2.05, 4.69) is 0 Å². The van der Waals surface area contributed by atoms with E-state index in [1.54, 1.807) is 18.7 Å². The number of carbonyl (C=O) groups is 1. The Hall–Kier alpha value is -1.61. The van der Waals surface area contributed by atoms with E-state index >= 15 is 0 Å². The molecule has 2 aliphatic rings. The lowest BCUT2D eigenvalue weighted by molar-refractivity contribution is -0.138. The smallest absolute Gasteiger partial charge is 0.341 e. The lowest BCUT2D eigenvalue weighted by Gasteiger charge is -2.41. The molecule has 0 unspecified atom stereocenters. The van der Waals surface area contributed by atoms with Crippen LogP contribution in [0.5, 0.6) is 0 Å². The molecule has 2 fully saturated rings. The standard InChI is InChI=1S/C23H33F3N2O3S/c1-22(2,32(30,31)19-10-6-9-18(15-19)23(24,25)26)17-11-13-28(14-12-17)21(29)20(27)16-7-4-3-5-8-16/h6,9-10,15-17,20H,3-5,7-8,11-14,27H2,1-2H3/t20-/m1/s1. The van der Waals surface area contributed by atoms with Crippen LogP contribution in [-0.4, -0.2) is 43.1 Å². The van der Waals surface area contributed by atoms with Crippen LogP contribution >= 0.6 is 0 Å². The van der Waals surface area contributed by atoms with Crippen molar-refractivity contribution in [3.63, 3.8) is 0 Å². The van der Waals surface area contributed by atoms with E-state index in [0.717, 1.165) is 37.8 Å². The van der Waals surface area contributed by atoms with Crippen LogP contribution in [0.4, 0.5) is 13.2 Å². The minimum atomic E-state index is -4.61. The fourth-order valence-corrected chi connectivity index (χ4v) is 6.89. The van der Waals surface area contributed by atoms with Gasteiger partial charge in [-0.2, -0.15) is 13.2 Å². The summed E-state index contributed by atoms with van der Waals surface area (Å²) in [6, 6.07) is 3.40. The Bertz CT molecular complexity index is 917. The van der Waals surface area contributed by atoms with Crippen molar-refractivity contribution in [2.75, 3.05) is 13.1 Å². The van der Waals surface area contributed by atoms with Gasteiger partial charge >= 0.3 is 6.18 Å². The topological polar surface area (TPSA) is 80.5 Å². The van der Waals surface area contributed by atoms with Gasteiger partial charge in [0, 0.05) is 13.1 Å². The lowest BCUT2D eigenvalue weighted by Crippen LogP contribution is -2.53. The molecule has 1 amide bonds. The first-order chi connectivity index (χ1) is 14.9. The molecule has 1 aromatic carbocycles. The Morgan fingerprint density at radius 3 is 2.22 bits per heavy atom. The summed E-state index contributed by atoms with van der Waals surface area (Å²) in [4.78, 5) is 14.3. The van der Waals surface area contributed by atoms with E-state index < -0.39 is 32.4 Å². The minimum Gasteiger partial charge on any atom is -0.341 e. The summed E-state index contributed by atoms with van der Waals surface area (Å²) in [7, 11) is -4.02. The Morgan fingerprint density at radius 2 is 1.66 bits per heavy atom. The molecule has 1 saturated heterocycles. The second kappa shape index (κ2) is 9.33. The van der Waals surface area contributed by atoms with Crippen LogP contribution in [-0.2, 0) is 20.8 Å². The molecule has 5 nitrogen and oxygen atoms in total. The van der Waals surface area contributed by atoms with Gasteiger partial charge in [-0.25, -0.2) is 8.42 Å². The SMILES string of the molecule is CC(C)(C1CCN(C(=O)[C@H](N)C2CCCCC2)CC1)S(=O)(=O)c1cccc(C(F)(F)F)c1. The quantitative estimate of drug-likeness (QED) is 0.686. The highest BCUT2D eigenvalue weighted by molar-refractivity contribution is 7.92. The molecule has 1 atom stereocenters. The number of nitrogens with zero attached hydrogens (tertiary/aromatic N) is 1. The number of carbonyl (C=O) groups excluding carboxylic acids is 1. The fourth-order valence-electron chi connectivity index (χ4n) is 5.06. The average molecular weight is 475 g/mol. The molecule has 0 bridgehead atoms. The third-order valence-electron chi connectivity index (χ3n) is 7.40. The second-order valence-corrected chi connectivity index (χ2v) is 12.2. The Morgan fingerprint density at radius 1 is 1.06 bits per heavy atom. The van der Waals surface area contributed by atoms with Gasteiger partial charge in [-0.1, -0.05) is 25.3 Å². The van der Waals surface area contributed by atoms with Crippen molar-refractivity contribution in [1.82, 2.24) is 4.90 Å². The first-order valence-corrected chi connectivity index (χ1v) is 12.8. The summed E-state index contributed by atoms with van der Waals surface area (Å²) < 4.78 is 64.6. The zero-order valence-electron chi connectivity index (χ0n) is 18.7. The molecule has 0 aromatic heterocycles. The Labute approximate surface area is 188 Å². The number of alkyl halides is 3. The number of nitrogens with two attached hydrogens (primary N) is 1. The third kappa shape index (κ3) is 4.98. The highest BCUT2D eigenvalue weighted by Crippen LogP contribution is 2.39. The summed E-state index contributed by atoms with van der Waals surface area (Å²) in [5.41, 5.74) is 5.28. The molecule has 3 rings (SSSR count). The van der Waals surface area contributed by atoms with Crippen molar-refractivity contribution >= 4 is 15.7 Å². The predicted molar refractivity (Wildman–Crippen MR) is 117 cm³/mol. The Balaban J connectivity index is 1.69. The van der Waals surface area contributed by atoms with E-state index in [0.29, 0.717) is 32.0 Å². The van der Waals surface area contributed by atoms with Gasteiger partial charge < -0.3 is 10.6 Å². The van der Waals surface area contributed by atoms with Crippen LogP contribution in [0.1, 0.15) is 64.4 Å². The van der Waals surface area contributed by atoms with Crippen LogP contribution in [0.15, 0.2) is 29.2 Å². The maximum Gasteiger partial charge on any atom is 0.416 e. The van der Waals surface area contributed by atoms with Crippen molar-refractivity contribution in [2.24, 2.45) is 17.6 Å². The van der Waals surface area contributed by atoms with Gasteiger partial charge in [0.05, 0.1) is 21.2 Å². The van der Waals surface area contributed by atoms with Gasteiger partial charge in [0.1, 0.15) is 0 Å². The van der Waals surface area contributed by atoms with E-state index in [9.17, 15) is 26.4 Å². The van der Waals surface area contributed by atoms with Crippen molar-refractivity contribution in [3.8, 4) is 0 Å². The number of sulfone groups is 1. The van der Waals surface area contributed by atoms with Crippen molar-refractivity contribution in [2.45, 2.75) is 80.7 Å². The predicted octanol–water partition coefficient (Wildman–Crippen LogP) is 4.40. The van der Waals surface area contributed by atoms with Gasteiger partial charge in [-0.05, 0) is 69.6 Å². The minimum absolute atomic E-state index is 0.0751. The zero-order chi connectivity index (χ0) is 23.7. The number of rotatable bonds is 5. The molecule has 32 heavy (non-hydrogen) atoms. The third-order valence-corrected chi connectivity index (χ3v) is 9.99. The van der Waals surface area contributed by atoms with Gasteiger partial charge in [0.2, 0.25) is 5.91 Å². The lowest BCUT2D eigenvalue weighted by atomic mass is 9.82. The Kier molecular flexibility index (Phi) is 7.29. The number of piperidine rings is 1. The van der Waals surface area contributed by atoms with Gasteiger partial charge in [0.25, 0.3) is 0 Å². The summed E-state index contributed by atoms with van der Waals surface area (Å²) in [5.74, 6) is -0.155. The molecule has 1 aliphatic heterocycles. The zero-order valence-corrected chi connectivity index (χ0v) is 19.5. The van der Waals surface area contributed by atoms with E-state index in [-0.39, 0.29) is 22.6 Å². The number of likely N-dealkylation sites (tertiary alicyclic amines) is 1. The largest absolute Gasteiger partial charge is 0.416 e. The van der Waals surface area contributed by atoms with Crippen molar-refractivity contribution < 1.29 is 26.4 Å². The van der Waals surface area contributed by atoms with Crippen LogP contribution in [0.2, 0.25) is 0 Å². The number of halogens is 3. The van der Waals surface area contributed by atoms with Crippen molar-refractivity contribution in [3.05, 3.63) is 29.8 Å². The monoisotopic (exact) mass is 474 g/mol. The van der Waals surface area contributed by atoms with Gasteiger partial charge in [-0.15, -0.1) is 0 Å². The highest BCUT2D eigenvalue weighted by atomic mass is 32.2. The molecule has 9 heteroatoms. The van der Waals surface area contributed by atoms with Crippen molar-refractivity contribution in [1.29, 1.82) is 0 Å². The average Bonchev–Trinajstić information content (AvgIpc) is 2.78. The summed E-state index contributed by atoms with van der Waals surface area (Å²) in [6.45, 7) is 3.95. The summed E-state index contributed by atoms with van der Waals surface area (Å²) in [6.07, 6.45) is 1.61. The first kappa shape index (κ1) is 25.0. The van der Waals surface area contributed by atoms with Gasteiger partial charge in [0.15, 0.2) is 9.84 Å². The molecule has 2 N–H and O–H groups in total. The number of benzene rings is 1. The number of hydrogen-bond acceptors (Lipinski definition) is 4. The highest BCUT2D eigenvalue weighted by Gasteiger charge is 2.45. The van der Waals surface area contributed by atoms with Gasteiger partial charge in [-0.3, -0.25) is 4.79 Å². The molecule has 0 spiro atoms. The van der Waals surface area contributed by atoms with E-state index in [1.165, 1.54) is 12.5 Å². The number of hydrogen-bond donors (Lipinski definition) is 1.